The second kappa shape index (κ2) is 8.91. The zero-order valence-electron chi connectivity index (χ0n) is 15.7. The summed E-state index contributed by atoms with van der Waals surface area (Å²) in [5.74, 6) is 0.650. The number of benzene rings is 2. The summed E-state index contributed by atoms with van der Waals surface area (Å²) < 4.78 is 10.6. The van der Waals surface area contributed by atoms with Crippen LogP contribution in [0.25, 0.3) is 0 Å². The summed E-state index contributed by atoms with van der Waals surface area (Å²) in [6, 6.07) is 12.4. The van der Waals surface area contributed by atoms with Gasteiger partial charge in [0.1, 0.15) is 0 Å². The summed E-state index contributed by atoms with van der Waals surface area (Å²) >= 11 is 0. The SMILES string of the molecule is Cl.Nc1cc2c(cc1NC(=O)C1CCCN(C(=O)Nc3ccccc3)C1)OCO2. The number of nitrogens with one attached hydrogen (secondary N) is 2. The van der Waals surface area contributed by atoms with Crippen molar-refractivity contribution in [3.8, 4) is 11.5 Å². The first-order valence-electron chi connectivity index (χ1n) is 9.21. The van der Waals surface area contributed by atoms with Gasteiger partial charge in [-0.15, -0.1) is 12.4 Å². The number of nitrogens with zero attached hydrogens (tertiary/aromatic N) is 1. The van der Waals surface area contributed by atoms with E-state index in [2.05, 4.69) is 10.6 Å². The Hall–Kier alpha value is -3.13. The van der Waals surface area contributed by atoms with Crippen LogP contribution in [0, 0.1) is 5.92 Å². The molecular formula is C20H23ClN4O4. The van der Waals surface area contributed by atoms with Crippen molar-refractivity contribution in [2.75, 3.05) is 36.2 Å². The lowest BCUT2D eigenvalue weighted by Crippen LogP contribution is -2.45. The van der Waals surface area contributed by atoms with E-state index in [1.165, 1.54) is 0 Å². The number of rotatable bonds is 3. The number of amides is 3. The van der Waals surface area contributed by atoms with E-state index in [0.717, 1.165) is 12.1 Å². The van der Waals surface area contributed by atoms with Gasteiger partial charge in [-0.2, -0.15) is 0 Å². The molecule has 0 radical (unpaired) electrons. The quantitative estimate of drug-likeness (QED) is 0.663. The molecule has 2 aliphatic rings. The van der Waals surface area contributed by atoms with E-state index in [0.29, 0.717) is 42.4 Å². The zero-order chi connectivity index (χ0) is 19.5. The molecule has 8 nitrogen and oxygen atoms in total. The summed E-state index contributed by atoms with van der Waals surface area (Å²) in [6.07, 6.45) is 1.47. The van der Waals surface area contributed by atoms with Crippen molar-refractivity contribution in [2.24, 2.45) is 5.92 Å². The van der Waals surface area contributed by atoms with Gasteiger partial charge < -0.3 is 30.7 Å². The number of nitrogen functional groups attached to an aromatic ring is 1. The minimum absolute atomic E-state index is 0. The number of hydrogen-bond acceptors (Lipinski definition) is 5. The van der Waals surface area contributed by atoms with Crippen LogP contribution in [0.15, 0.2) is 42.5 Å². The number of nitrogens with two attached hydrogens (primary N) is 1. The van der Waals surface area contributed by atoms with Crippen molar-refractivity contribution < 1.29 is 19.1 Å². The molecular weight excluding hydrogens is 396 g/mol. The predicted molar refractivity (Wildman–Crippen MR) is 113 cm³/mol. The number of fused-ring (bicyclic) bond motifs is 1. The fourth-order valence-electron chi connectivity index (χ4n) is 3.40. The average Bonchev–Trinajstić information content (AvgIpc) is 3.16. The van der Waals surface area contributed by atoms with Gasteiger partial charge in [-0.05, 0) is 25.0 Å². The highest BCUT2D eigenvalue weighted by molar-refractivity contribution is 5.97. The van der Waals surface area contributed by atoms with Gasteiger partial charge in [-0.3, -0.25) is 4.79 Å². The number of halogens is 1. The molecule has 0 saturated carbocycles. The minimum atomic E-state index is -0.305. The van der Waals surface area contributed by atoms with Gasteiger partial charge in [0.05, 0.1) is 17.3 Å². The minimum Gasteiger partial charge on any atom is -0.454 e. The molecule has 154 valence electrons. The summed E-state index contributed by atoms with van der Waals surface area (Å²) in [4.78, 5) is 26.9. The van der Waals surface area contributed by atoms with E-state index in [1.54, 1.807) is 17.0 Å². The third kappa shape index (κ3) is 4.65. The Balaban J connectivity index is 0.00000240. The van der Waals surface area contributed by atoms with Gasteiger partial charge in [0.15, 0.2) is 11.5 Å². The number of piperidine rings is 1. The van der Waals surface area contributed by atoms with Crippen LogP contribution in [0.4, 0.5) is 21.9 Å². The topological polar surface area (TPSA) is 106 Å². The maximum atomic E-state index is 12.7. The van der Waals surface area contributed by atoms with Crippen molar-refractivity contribution in [1.82, 2.24) is 4.90 Å². The van der Waals surface area contributed by atoms with Crippen LogP contribution in [0.2, 0.25) is 0 Å². The van der Waals surface area contributed by atoms with Crippen LogP contribution in [0.1, 0.15) is 12.8 Å². The Morgan fingerprint density at radius 1 is 1.07 bits per heavy atom. The van der Waals surface area contributed by atoms with E-state index in [1.807, 2.05) is 30.3 Å². The molecule has 0 aromatic heterocycles. The number of anilines is 3. The standard InChI is InChI=1S/C20H22N4O4.ClH/c21-15-9-17-18(28-12-27-17)10-16(15)23-19(25)13-5-4-8-24(11-13)20(26)22-14-6-2-1-3-7-14;/h1-3,6-7,9-10,13H,4-5,8,11-12,21H2,(H,22,26)(H,23,25);1H. The van der Waals surface area contributed by atoms with Gasteiger partial charge in [0.25, 0.3) is 0 Å². The third-order valence-corrected chi connectivity index (χ3v) is 4.91. The maximum absolute atomic E-state index is 12.7. The van der Waals surface area contributed by atoms with Crippen molar-refractivity contribution in [3.05, 3.63) is 42.5 Å². The molecule has 1 saturated heterocycles. The molecule has 0 bridgehead atoms. The highest BCUT2D eigenvalue weighted by Gasteiger charge is 2.29. The lowest BCUT2D eigenvalue weighted by molar-refractivity contribution is -0.121. The summed E-state index contributed by atoms with van der Waals surface area (Å²) in [5, 5.41) is 5.72. The highest BCUT2D eigenvalue weighted by Crippen LogP contribution is 2.38. The highest BCUT2D eigenvalue weighted by atomic mass is 35.5. The molecule has 0 aliphatic carbocycles. The van der Waals surface area contributed by atoms with E-state index >= 15 is 0 Å². The molecule has 9 heteroatoms. The van der Waals surface area contributed by atoms with Crippen molar-refractivity contribution in [2.45, 2.75) is 12.8 Å². The van der Waals surface area contributed by atoms with E-state index in [-0.39, 0.29) is 37.1 Å². The number of para-hydroxylation sites is 1. The van der Waals surface area contributed by atoms with E-state index in [9.17, 15) is 9.59 Å². The van der Waals surface area contributed by atoms with Crippen LogP contribution >= 0.6 is 12.4 Å². The second-order valence-electron chi connectivity index (χ2n) is 6.86. The Bertz CT molecular complexity index is 894. The van der Waals surface area contributed by atoms with Crippen molar-refractivity contribution >= 4 is 41.4 Å². The normalized spacial score (nSPS) is 17.2. The number of urea groups is 1. The first kappa shape index (κ1) is 20.6. The molecule has 3 amide bonds. The molecule has 29 heavy (non-hydrogen) atoms. The van der Waals surface area contributed by atoms with Crippen molar-refractivity contribution in [3.63, 3.8) is 0 Å². The first-order chi connectivity index (χ1) is 13.6. The lowest BCUT2D eigenvalue weighted by atomic mass is 9.97. The van der Waals surface area contributed by atoms with Gasteiger partial charge >= 0.3 is 6.03 Å². The van der Waals surface area contributed by atoms with Crippen LogP contribution < -0.4 is 25.8 Å². The van der Waals surface area contributed by atoms with Crippen LogP contribution in [0.3, 0.4) is 0 Å². The van der Waals surface area contributed by atoms with E-state index < -0.39 is 0 Å². The molecule has 2 aromatic carbocycles. The molecule has 1 unspecified atom stereocenters. The van der Waals surface area contributed by atoms with E-state index in [4.69, 9.17) is 15.2 Å². The lowest BCUT2D eigenvalue weighted by Gasteiger charge is -2.32. The number of carbonyl (C=O) groups excluding carboxylic acids is 2. The molecule has 2 heterocycles. The molecule has 1 atom stereocenters. The Kier molecular flexibility index (Phi) is 6.33. The summed E-state index contributed by atoms with van der Waals surface area (Å²) in [6.45, 7) is 1.11. The van der Waals surface area contributed by atoms with Crippen LogP contribution in [0.5, 0.6) is 11.5 Å². The van der Waals surface area contributed by atoms with Crippen LogP contribution in [-0.4, -0.2) is 36.7 Å². The summed E-state index contributed by atoms with van der Waals surface area (Å²) in [5.41, 5.74) is 7.63. The monoisotopic (exact) mass is 418 g/mol. The molecule has 2 aromatic rings. The Morgan fingerprint density at radius 3 is 2.55 bits per heavy atom. The molecule has 2 aliphatic heterocycles. The van der Waals surface area contributed by atoms with Gasteiger partial charge in [0, 0.05) is 30.9 Å². The number of ether oxygens (including phenoxy) is 2. The molecule has 1 fully saturated rings. The van der Waals surface area contributed by atoms with Gasteiger partial charge in [-0.1, -0.05) is 18.2 Å². The Morgan fingerprint density at radius 2 is 1.79 bits per heavy atom. The largest absolute Gasteiger partial charge is 0.454 e. The molecule has 0 spiro atoms. The number of likely N-dealkylation sites (tertiary alicyclic amines) is 1. The first-order valence-corrected chi connectivity index (χ1v) is 9.21. The van der Waals surface area contributed by atoms with Gasteiger partial charge in [-0.25, -0.2) is 4.79 Å². The fraction of sp³-hybridized carbons (Fsp3) is 0.300. The third-order valence-electron chi connectivity index (χ3n) is 4.91. The number of hydrogen-bond donors (Lipinski definition) is 3. The van der Waals surface area contributed by atoms with Crippen LogP contribution in [-0.2, 0) is 4.79 Å². The summed E-state index contributed by atoms with van der Waals surface area (Å²) in [7, 11) is 0. The average molecular weight is 419 g/mol. The smallest absolute Gasteiger partial charge is 0.321 e. The predicted octanol–water partition coefficient (Wildman–Crippen LogP) is 3.30. The maximum Gasteiger partial charge on any atom is 0.321 e. The Labute approximate surface area is 174 Å². The van der Waals surface area contributed by atoms with Gasteiger partial charge in [0.2, 0.25) is 12.7 Å². The fourth-order valence-corrected chi connectivity index (χ4v) is 3.40. The molecule has 4 N–H and O–H groups in total. The molecule has 4 rings (SSSR count). The van der Waals surface area contributed by atoms with Crippen molar-refractivity contribution in [1.29, 1.82) is 0 Å². The number of carbonyl (C=O) groups is 2. The zero-order valence-corrected chi connectivity index (χ0v) is 16.5. The second-order valence-corrected chi connectivity index (χ2v) is 6.86.